The molecule has 1 aliphatic rings. The van der Waals surface area contributed by atoms with E-state index < -0.39 is 0 Å². The van der Waals surface area contributed by atoms with E-state index in [-0.39, 0.29) is 0 Å². The van der Waals surface area contributed by atoms with E-state index in [9.17, 15) is 5.11 Å². The molecule has 0 aliphatic carbocycles. The summed E-state index contributed by atoms with van der Waals surface area (Å²) in [7, 11) is 0. The highest BCUT2D eigenvalue weighted by atomic mass is 16.3. The average Bonchev–Trinajstić information content (AvgIpc) is 2.52. The minimum Gasteiger partial charge on any atom is -0.508 e. The van der Waals surface area contributed by atoms with Crippen LogP contribution in [0.3, 0.4) is 0 Å². The molecule has 1 N–H and O–H groups in total. The van der Waals surface area contributed by atoms with Gasteiger partial charge in [-0.15, -0.1) is 0 Å². The summed E-state index contributed by atoms with van der Waals surface area (Å²) in [5.74, 6) is 0.432. The smallest absolute Gasteiger partial charge is 0.120 e. The quantitative estimate of drug-likeness (QED) is 0.859. The monoisotopic (exact) mass is 261 g/mol. The van der Waals surface area contributed by atoms with Crippen LogP contribution >= 0.6 is 0 Å². The fourth-order valence-electron chi connectivity index (χ4n) is 3.04. The van der Waals surface area contributed by atoms with Crippen LogP contribution in [0, 0.1) is 12.3 Å². The van der Waals surface area contributed by atoms with E-state index in [0.29, 0.717) is 17.2 Å². The number of likely N-dealkylation sites (tertiary alicyclic amines) is 1. The molecule has 1 unspecified atom stereocenters. The number of hydrogen-bond acceptors (Lipinski definition) is 2. The molecule has 1 aromatic carbocycles. The highest BCUT2D eigenvalue weighted by Gasteiger charge is 2.26. The first-order chi connectivity index (χ1) is 8.89. The van der Waals surface area contributed by atoms with Gasteiger partial charge in [-0.3, -0.25) is 4.90 Å². The van der Waals surface area contributed by atoms with Crippen molar-refractivity contribution in [3.8, 4) is 5.75 Å². The van der Waals surface area contributed by atoms with Gasteiger partial charge in [-0.1, -0.05) is 31.5 Å². The van der Waals surface area contributed by atoms with Gasteiger partial charge in [0.15, 0.2) is 0 Å². The van der Waals surface area contributed by atoms with Crippen LogP contribution in [0.4, 0.5) is 0 Å². The van der Waals surface area contributed by atoms with Gasteiger partial charge in [0.25, 0.3) is 0 Å². The predicted octanol–water partition coefficient (Wildman–Crippen LogP) is 4.27. The van der Waals surface area contributed by atoms with Gasteiger partial charge in [-0.05, 0) is 57.7 Å². The zero-order valence-corrected chi connectivity index (χ0v) is 12.7. The lowest BCUT2D eigenvalue weighted by Crippen LogP contribution is -2.28. The summed E-state index contributed by atoms with van der Waals surface area (Å²) < 4.78 is 0. The van der Waals surface area contributed by atoms with E-state index in [4.69, 9.17) is 0 Å². The molecule has 0 spiro atoms. The lowest BCUT2D eigenvalue weighted by Gasteiger charge is -2.29. The number of phenolic OH excluding ortho intramolecular Hbond substituents is 1. The molecule has 1 fully saturated rings. The maximum atomic E-state index is 10.1. The molecule has 106 valence electrons. The number of phenols is 1. The normalized spacial score (nSPS) is 21.9. The van der Waals surface area contributed by atoms with E-state index in [1.54, 1.807) is 0 Å². The van der Waals surface area contributed by atoms with Gasteiger partial charge in [0, 0.05) is 11.6 Å². The van der Waals surface area contributed by atoms with Gasteiger partial charge in [0.05, 0.1) is 0 Å². The second kappa shape index (κ2) is 5.54. The summed E-state index contributed by atoms with van der Waals surface area (Å²) in [6.07, 6.45) is 3.80. The molecule has 0 amide bonds. The fraction of sp³-hybridized carbons (Fsp3) is 0.647. The number of nitrogens with zero attached hydrogens (tertiary/aromatic N) is 1. The van der Waals surface area contributed by atoms with Crippen molar-refractivity contribution in [1.82, 2.24) is 4.90 Å². The molecule has 0 saturated carbocycles. The van der Waals surface area contributed by atoms with E-state index in [1.807, 2.05) is 12.1 Å². The first kappa shape index (κ1) is 14.4. The summed E-state index contributed by atoms with van der Waals surface area (Å²) in [6, 6.07) is 6.21. The number of aryl methyl sites for hydroxylation is 1. The van der Waals surface area contributed by atoms with Crippen molar-refractivity contribution in [1.29, 1.82) is 0 Å². The van der Waals surface area contributed by atoms with E-state index >= 15 is 0 Å². The Morgan fingerprint density at radius 1 is 1.21 bits per heavy atom. The van der Waals surface area contributed by atoms with Crippen molar-refractivity contribution in [3.63, 3.8) is 0 Å². The van der Waals surface area contributed by atoms with Crippen molar-refractivity contribution in [3.05, 3.63) is 29.3 Å². The molecule has 1 heterocycles. The molecule has 1 aromatic rings. The predicted molar refractivity (Wildman–Crippen MR) is 80.5 cm³/mol. The molecule has 1 atom stereocenters. The summed E-state index contributed by atoms with van der Waals surface area (Å²) >= 11 is 0. The lowest BCUT2D eigenvalue weighted by molar-refractivity contribution is 0.205. The molecule has 2 rings (SSSR count). The number of hydrogen-bond donors (Lipinski definition) is 1. The molecule has 19 heavy (non-hydrogen) atoms. The molecule has 0 aromatic heterocycles. The van der Waals surface area contributed by atoms with Crippen LogP contribution in [0.25, 0.3) is 0 Å². The Kier molecular flexibility index (Phi) is 4.19. The minimum absolute atomic E-state index is 0.300. The lowest BCUT2D eigenvalue weighted by atomic mass is 9.85. The largest absolute Gasteiger partial charge is 0.508 e. The maximum absolute atomic E-state index is 10.1. The fourth-order valence-corrected chi connectivity index (χ4v) is 3.04. The van der Waals surface area contributed by atoms with Crippen LogP contribution in [0.2, 0.25) is 0 Å². The van der Waals surface area contributed by atoms with Crippen molar-refractivity contribution in [2.24, 2.45) is 5.41 Å². The number of rotatable bonds is 2. The van der Waals surface area contributed by atoms with Gasteiger partial charge >= 0.3 is 0 Å². The second-order valence-electron chi connectivity index (χ2n) is 6.79. The Morgan fingerprint density at radius 2 is 1.95 bits per heavy atom. The highest BCUT2D eigenvalue weighted by molar-refractivity contribution is 5.37. The SMILES string of the molecule is Cc1ccc(O)c(C(C)N2CCCC(C)(C)CC2)c1. The van der Waals surface area contributed by atoms with Crippen molar-refractivity contribution >= 4 is 0 Å². The van der Waals surface area contributed by atoms with Crippen molar-refractivity contribution in [2.45, 2.75) is 53.0 Å². The topological polar surface area (TPSA) is 23.5 Å². The third-order valence-corrected chi connectivity index (χ3v) is 4.56. The van der Waals surface area contributed by atoms with Gasteiger partial charge in [-0.25, -0.2) is 0 Å². The Hall–Kier alpha value is -1.02. The molecule has 0 radical (unpaired) electrons. The maximum Gasteiger partial charge on any atom is 0.120 e. The summed E-state index contributed by atoms with van der Waals surface area (Å²) in [4.78, 5) is 2.52. The first-order valence-corrected chi connectivity index (χ1v) is 7.43. The Morgan fingerprint density at radius 3 is 2.68 bits per heavy atom. The second-order valence-corrected chi connectivity index (χ2v) is 6.79. The van der Waals surface area contributed by atoms with Crippen LogP contribution < -0.4 is 0 Å². The summed E-state index contributed by atoms with van der Waals surface area (Å²) in [6.45, 7) is 11.3. The average molecular weight is 261 g/mol. The van der Waals surface area contributed by atoms with Crippen molar-refractivity contribution in [2.75, 3.05) is 13.1 Å². The van der Waals surface area contributed by atoms with Crippen LogP contribution in [0.15, 0.2) is 18.2 Å². The van der Waals surface area contributed by atoms with E-state index in [0.717, 1.165) is 18.7 Å². The third-order valence-electron chi connectivity index (χ3n) is 4.56. The minimum atomic E-state index is 0.300. The van der Waals surface area contributed by atoms with Gasteiger partial charge in [-0.2, -0.15) is 0 Å². The standard InChI is InChI=1S/C17H27NO/c1-13-6-7-16(19)15(12-13)14(2)18-10-5-8-17(3,4)9-11-18/h6-7,12,14,19H,5,8-11H2,1-4H3. The van der Waals surface area contributed by atoms with Crippen LogP contribution in [-0.2, 0) is 0 Å². The van der Waals surface area contributed by atoms with Gasteiger partial charge < -0.3 is 5.11 Å². The molecule has 2 heteroatoms. The zero-order chi connectivity index (χ0) is 14.0. The summed E-state index contributed by atoms with van der Waals surface area (Å²) in [5.41, 5.74) is 2.75. The Labute approximate surface area is 117 Å². The van der Waals surface area contributed by atoms with Gasteiger partial charge in [0.1, 0.15) is 5.75 Å². The van der Waals surface area contributed by atoms with Gasteiger partial charge in [0.2, 0.25) is 0 Å². The van der Waals surface area contributed by atoms with Crippen LogP contribution in [0.5, 0.6) is 5.75 Å². The molecule has 1 aliphatic heterocycles. The molecular weight excluding hydrogens is 234 g/mol. The molecule has 0 bridgehead atoms. The third kappa shape index (κ3) is 3.50. The zero-order valence-electron chi connectivity index (χ0n) is 12.7. The van der Waals surface area contributed by atoms with Crippen molar-refractivity contribution < 1.29 is 5.11 Å². The first-order valence-electron chi connectivity index (χ1n) is 7.43. The number of aromatic hydroxyl groups is 1. The highest BCUT2D eigenvalue weighted by Crippen LogP contribution is 2.35. The summed E-state index contributed by atoms with van der Waals surface area (Å²) in [5, 5.41) is 10.1. The molecule has 2 nitrogen and oxygen atoms in total. The van der Waals surface area contributed by atoms with E-state index in [2.05, 4.69) is 38.7 Å². The van der Waals surface area contributed by atoms with Crippen LogP contribution in [0.1, 0.15) is 57.2 Å². The molecule has 1 saturated heterocycles. The molecular formula is C17H27NO. The Balaban J connectivity index is 2.15. The number of benzene rings is 1. The van der Waals surface area contributed by atoms with E-state index in [1.165, 1.54) is 24.8 Å². The Bertz CT molecular complexity index is 439. The van der Waals surface area contributed by atoms with Crippen LogP contribution in [-0.4, -0.2) is 23.1 Å².